The molecule has 2 rings (SSSR count). The summed E-state index contributed by atoms with van der Waals surface area (Å²) >= 11 is 0. The minimum Gasteiger partial charge on any atom is -0.382 e. The summed E-state index contributed by atoms with van der Waals surface area (Å²) in [4.78, 5) is 2.63. The smallest absolute Gasteiger partial charge is 0.0556 e. The summed E-state index contributed by atoms with van der Waals surface area (Å²) in [5.74, 6) is 0. The fourth-order valence-electron chi connectivity index (χ4n) is 3.47. The SMILES string of the molecule is CN(CCC[SiH2]C1CCCCO1)C1CCCCC1. The van der Waals surface area contributed by atoms with E-state index in [1.165, 1.54) is 70.4 Å². The second-order valence-electron chi connectivity index (χ2n) is 6.26. The molecule has 2 fully saturated rings. The summed E-state index contributed by atoms with van der Waals surface area (Å²) in [7, 11) is 2.39. The van der Waals surface area contributed by atoms with Crippen molar-refractivity contribution in [1.29, 1.82) is 0 Å². The van der Waals surface area contributed by atoms with Gasteiger partial charge in [-0.3, -0.25) is 0 Å². The fourth-order valence-corrected chi connectivity index (χ4v) is 5.35. The molecule has 1 aliphatic heterocycles. The van der Waals surface area contributed by atoms with Gasteiger partial charge in [0.05, 0.1) is 9.52 Å². The van der Waals surface area contributed by atoms with E-state index in [-0.39, 0.29) is 9.52 Å². The van der Waals surface area contributed by atoms with Crippen LogP contribution in [0.5, 0.6) is 0 Å². The van der Waals surface area contributed by atoms with Gasteiger partial charge in [-0.15, -0.1) is 0 Å². The highest BCUT2D eigenvalue weighted by Crippen LogP contribution is 2.21. The normalized spacial score (nSPS) is 27.3. The third kappa shape index (κ3) is 5.02. The summed E-state index contributed by atoms with van der Waals surface area (Å²) in [5.41, 5.74) is 0.721. The molecule has 1 unspecified atom stereocenters. The Hall–Kier alpha value is 0.137. The van der Waals surface area contributed by atoms with E-state index in [0.717, 1.165) is 18.4 Å². The zero-order valence-corrected chi connectivity index (χ0v) is 13.6. The van der Waals surface area contributed by atoms with Crippen molar-refractivity contribution in [2.24, 2.45) is 0 Å². The van der Waals surface area contributed by atoms with Crippen LogP contribution in [0.2, 0.25) is 6.04 Å². The van der Waals surface area contributed by atoms with Gasteiger partial charge in [0.1, 0.15) is 0 Å². The first-order chi connectivity index (χ1) is 8.86. The van der Waals surface area contributed by atoms with Crippen molar-refractivity contribution < 1.29 is 4.74 Å². The molecule has 1 heterocycles. The second-order valence-corrected chi connectivity index (χ2v) is 8.45. The van der Waals surface area contributed by atoms with Gasteiger partial charge in [-0.05, 0) is 52.1 Å². The third-order valence-electron chi connectivity index (χ3n) is 4.76. The zero-order valence-electron chi connectivity index (χ0n) is 12.2. The quantitative estimate of drug-likeness (QED) is 0.543. The maximum absolute atomic E-state index is 5.85. The van der Waals surface area contributed by atoms with E-state index in [1.54, 1.807) is 0 Å². The lowest BCUT2D eigenvalue weighted by Crippen LogP contribution is -2.34. The standard InChI is InChI=1S/C15H31NOSi/c1-16(14-8-3-2-4-9-14)11-7-13-18-15-10-5-6-12-17-15/h14-15H,2-13,18H2,1H3. The molecular formula is C15H31NOSi. The van der Waals surface area contributed by atoms with Gasteiger partial charge in [0.2, 0.25) is 0 Å². The van der Waals surface area contributed by atoms with Crippen LogP contribution >= 0.6 is 0 Å². The number of hydrogen-bond acceptors (Lipinski definition) is 2. The average molecular weight is 270 g/mol. The molecule has 0 radical (unpaired) electrons. The lowest BCUT2D eigenvalue weighted by atomic mass is 9.94. The molecule has 1 saturated heterocycles. The Bertz CT molecular complexity index is 213. The van der Waals surface area contributed by atoms with Crippen LogP contribution in [0.25, 0.3) is 0 Å². The van der Waals surface area contributed by atoms with Gasteiger partial charge in [0, 0.05) is 18.4 Å². The molecule has 0 spiro atoms. The molecule has 1 atom stereocenters. The molecule has 3 heteroatoms. The molecular weight excluding hydrogens is 238 g/mol. The van der Waals surface area contributed by atoms with Crippen LogP contribution in [0.15, 0.2) is 0 Å². The Balaban J connectivity index is 1.51. The molecule has 1 aliphatic carbocycles. The van der Waals surface area contributed by atoms with Crippen molar-refractivity contribution in [3.63, 3.8) is 0 Å². The second kappa shape index (κ2) is 8.34. The maximum atomic E-state index is 5.85. The van der Waals surface area contributed by atoms with E-state index in [9.17, 15) is 0 Å². The number of nitrogens with zero attached hydrogens (tertiary/aromatic N) is 1. The molecule has 0 amide bonds. The van der Waals surface area contributed by atoms with Gasteiger partial charge in [-0.25, -0.2) is 0 Å². The summed E-state index contributed by atoms with van der Waals surface area (Å²) in [6, 6.07) is 2.38. The molecule has 0 N–H and O–H groups in total. The van der Waals surface area contributed by atoms with Crippen molar-refractivity contribution in [3.05, 3.63) is 0 Å². The topological polar surface area (TPSA) is 12.5 Å². The van der Waals surface area contributed by atoms with Gasteiger partial charge in [0.15, 0.2) is 0 Å². The summed E-state index contributed by atoms with van der Waals surface area (Å²) in [5, 5.41) is 0. The third-order valence-corrected chi connectivity index (χ3v) is 6.96. The van der Waals surface area contributed by atoms with Gasteiger partial charge in [-0.1, -0.05) is 25.3 Å². The zero-order chi connectivity index (χ0) is 12.6. The molecule has 2 aliphatic rings. The van der Waals surface area contributed by atoms with Crippen molar-refractivity contribution in [3.8, 4) is 0 Å². The fraction of sp³-hybridized carbons (Fsp3) is 1.00. The molecule has 18 heavy (non-hydrogen) atoms. The molecule has 1 saturated carbocycles. The molecule has 0 aromatic carbocycles. The van der Waals surface area contributed by atoms with E-state index in [0.29, 0.717) is 0 Å². The first-order valence-electron chi connectivity index (χ1n) is 8.18. The van der Waals surface area contributed by atoms with Crippen LogP contribution in [-0.4, -0.2) is 46.4 Å². The Morgan fingerprint density at radius 1 is 1.06 bits per heavy atom. The van der Waals surface area contributed by atoms with Gasteiger partial charge in [-0.2, -0.15) is 0 Å². The summed E-state index contributed by atoms with van der Waals surface area (Å²) in [6.07, 6.45) is 12.8. The highest BCUT2D eigenvalue weighted by atomic mass is 28.2. The van der Waals surface area contributed by atoms with Crippen LogP contribution in [0.4, 0.5) is 0 Å². The highest BCUT2D eigenvalue weighted by molar-refractivity contribution is 6.37. The lowest BCUT2D eigenvalue weighted by Gasteiger charge is -2.31. The average Bonchev–Trinajstić information content (AvgIpc) is 2.45. The van der Waals surface area contributed by atoms with Crippen LogP contribution in [0.3, 0.4) is 0 Å². The van der Waals surface area contributed by atoms with E-state index in [2.05, 4.69) is 11.9 Å². The predicted molar refractivity (Wildman–Crippen MR) is 81.1 cm³/mol. The van der Waals surface area contributed by atoms with E-state index in [4.69, 9.17) is 4.74 Å². The first kappa shape index (κ1) is 14.5. The largest absolute Gasteiger partial charge is 0.382 e. The van der Waals surface area contributed by atoms with E-state index < -0.39 is 0 Å². The van der Waals surface area contributed by atoms with Gasteiger partial charge >= 0.3 is 0 Å². The Kier molecular flexibility index (Phi) is 6.74. The van der Waals surface area contributed by atoms with Crippen molar-refractivity contribution >= 4 is 9.52 Å². The van der Waals surface area contributed by atoms with Crippen LogP contribution in [0.1, 0.15) is 57.8 Å². The van der Waals surface area contributed by atoms with Crippen LogP contribution < -0.4 is 0 Å². The number of hydrogen-bond donors (Lipinski definition) is 0. The Morgan fingerprint density at radius 3 is 2.56 bits per heavy atom. The Morgan fingerprint density at radius 2 is 1.83 bits per heavy atom. The van der Waals surface area contributed by atoms with Gasteiger partial charge in [0.25, 0.3) is 0 Å². The predicted octanol–water partition coefficient (Wildman–Crippen LogP) is 2.75. The van der Waals surface area contributed by atoms with Crippen LogP contribution in [0, 0.1) is 0 Å². The molecule has 0 aromatic heterocycles. The van der Waals surface area contributed by atoms with Crippen molar-refractivity contribution in [1.82, 2.24) is 4.90 Å². The Labute approximate surface area is 115 Å². The summed E-state index contributed by atoms with van der Waals surface area (Å²) < 4.78 is 5.85. The van der Waals surface area contributed by atoms with Crippen LogP contribution in [-0.2, 0) is 4.74 Å². The van der Waals surface area contributed by atoms with E-state index in [1.807, 2.05) is 0 Å². The minimum absolute atomic E-state index is 0.0453. The monoisotopic (exact) mass is 269 g/mol. The molecule has 2 nitrogen and oxygen atoms in total. The van der Waals surface area contributed by atoms with Crippen molar-refractivity contribution in [2.45, 2.75) is 75.6 Å². The molecule has 106 valence electrons. The molecule has 0 aromatic rings. The van der Waals surface area contributed by atoms with Gasteiger partial charge < -0.3 is 9.64 Å². The maximum Gasteiger partial charge on any atom is 0.0556 e. The molecule has 0 bridgehead atoms. The van der Waals surface area contributed by atoms with Crippen molar-refractivity contribution in [2.75, 3.05) is 20.2 Å². The number of ether oxygens (including phenoxy) is 1. The highest BCUT2D eigenvalue weighted by Gasteiger charge is 2.18. The lowest BCUT2D eigenvalue weighted by molar-refractivity contribution is 0.0649. The minimum atomic E-state index is 0.0453. The summed E-state index contributed by atoms with van der Waals surface area (Å²) in [6.45, 7) is 2.37. The first-order valence-corrected chi connectivity index (χ1v) is 10.00. The van der Waals surface area contributed by atoms with E-state index >= 15 is 0 Å². The number of rotatable bonds is 6.